The molecule has 586 valence electrons. The average molecular weight is 1930 g/mol. The van der Waals surface area contributed by atoms with Crippen LogP contribution in [0.3, 0.4) is 0 Å². The molecule has 2 N–H and O–H groups in total. The number of hydrogen-bond acceptors (Lipinski definition) is 20. The van der Waals surface area contributed by atoms with Crippen LogP contribution in [0.2, 0.25) is 0 Å². The number of rotatable bonds is 11. The van der Waals surface area contributed by atoms with Crippen molar-refractivity contribution in [2.24, 2.45) is 0 Å². The third-order valence-electron chi connectivity index (χ3n) is 15.5. The zero-order chi connectivity index (χ0) is 80.8. The Kier molecular flexibility index (Phi) is 53.2. The van der Waals surface area contributed by atoms with E-state index in [-0.39, 0.29) is 178 Å². The van der Waals surface area contributed by atoms with Gasteiger partial charge in [0.1, 0.15) is 0 Å². The van der Waals surface area contributed by atoms with E-state index in [1.165, 1.54) is 92.3 Å². The summed E-state index contributed by atoms with van der Waals surface area (Å²) in [5.74, 6) is -0.713. The Morgan fingerprint density at radius 3 is 0.872 bits per heavy atom. The van der Waals surface area contributed by atoms with E-state index in [2.05, 4.69) is 243 Å². The molecular formula is C83H67Cl4N8Na4O12Ru2S4-3. The second-order valence-corrected chi connectivity index (χ2v) is 32.4. The van der Waals surface area contributed by atoms with Crippen molar-refractivity contribution in [3.05, 3.63) is 334 Å². The van der Waals surface area contributed by atoms with Crippen molar-refractivity contribution in [3.63, 3.8) is 0 Å². The van der Waals surface area contributed by atoms with E-state index in [0.29, 0.717) is 5.92 Å². The normalized spacial score (nSPS) is 10.1. The van der Waals surface area contributed by atoms with Crippen LogP contribution in [-0.4, -0.2) is 95.7 Å². The molecule has 8 heterocycles. The van der Waals surface area contributed by atoms with E-state index in [1.54, 1.807) is 36.7 Å². The first-order chi connectivity index (χ1) is 54.0. The van der Waals surface area contributed by atoms with E-state index in [9.17, 15) is 25.9 Å². The maximum absolute atomic E-state index is 10.8. The minimum Gasteiger partial charge on any atom is -0.394 e. The zero-order valence-electron chi connectivity index (χ0n) is 64.1. The first kappa shape index (κ1) is 108. The molecule has 0 bridgehead atoms. The number of hydrogen-bond donors (Lipinski definition) is 2. The molecule has 15 rings (SSSR count). The molecule has 20 nitrogen and oxygen atoms in total. The largest absolute Gasteiger partial charge is 1.00 e. The van der Waals surface area contributed by atoms with Crippen LogP contribution in [0.25, 0.3) is 111 Å². The van der Waals surface area contributed by atoms with Crippen LogP contribution in [0.15, 0.2) is 292 Å². The molecule has 0 spiro atoms. The predicted octanol–water partition coefficient (Wildman–Crippen LogP) is 9.61. The molecule has 0 fully saturated rings. The number of pyridine rings is 8. The van der Waals surface area contributed by atoms with Gasteiger partial charge in [-0.2, -0.15) is 36.4 Å². The first-order valence-corrected chi connectivity index (χ1v) is 46.4. The molecule has 0 aliphatic rings. The number of nitrogens with zero attached hydrogens (tertiary/aromatic N) is 8. The van der Waals surface area contributed by atoms with E-state index >= 15 is 0 Å². The minimum absolute atomic E-state index is 0. The standard InChI is InChI=1S/2C24H16N2.C12H12N2O6S2.C10H6N2.C10H14.2CH2O3S.CH3.4ClH.4Na.2Ru/c2*1-3-7-17(8-4-1)19-13-15-25-23-21(19)11-12-22-20(14-16-26-24(22)23)18-9-5-2-6-10-18;15-21(16,17)7-9-1-3-13-11(5-9)12-6-10(2-4-14-12)8-22(18,19)20;1-3-7-11-9(5-1)10-6-2-4-8-12-10;1-8(2)10-6-4-9(3)5-7-10;2*2-1(3)5-4;;;;;;;;;;;/h2*1-16H;1-6H,7-8H2,(H,15,16,17)(H,18,19,20);3-8H;4-8H,1-3H3;2*4H,(H,2,3);1H3;4*1H;;;;;;/q;;;-2;;;;-1;;;;;4*+1;2*+2/p-8. The van der Waals surface area contributed by atoms with Crippen molar-refractivity contribution in [2.45, 2.75) is 38.2 Å². The predicted molar refractivity (Wildman–Crippen MR) is 443 cm³/mol. The van der Waals surface area contributed by atoms with Crippen molar-refractivity contribution in [1.29, 1.82) is 0 Å². The molecule has 0 atom stereocenters. The summed E-state index contributed by atoms with van der Waals surface area (Å²) in [4.78, 5) is 53.0. The Morgan fingerprint density at radius 2 is 0.650 bits per heavy atom. The van der Waals surface area contributed by atoms with Crippen molar-refractivity contribution < 1.29 is 203 Å². The van der Waals surface area contributed by atoms with E-state index in [1.807, 2.05) is 49.1 Å². The van der Waals surface area contributed by atoms with Crippen molar-refractivity contribution in [1.82, 2.24) is 39.9 Å². The Labute approximate surface area is 809 Å². The molecule has 8 aromatic heterocycles. The summed E-state index contributed by atoms with van der Waals surface area (Å²) in [6, 6.07) is 85.9. The quantitative estimate of drug-likeness (QED) is 0.0400. The summed E-state index contributed by atoms with van der Waals surface area (Å²) in [7, 11) is 10.6. The van der Waals surface area contributed by atoms with Crippen LogP contribution in [0, 0.1) is 26.5 Å². The van der Waals surface area contributed by atoms with Gasteiger partial charge >= 0.3 is 198 Å². The Balaban J connectivity index is 0.000000482. The number of carbonyl (C=O) groups is 2. The van der Waals surface area contributed by atoms with Crippen LogP contribution in [0.4, 0.5) is 9.59 Å². The number of carboxylic acid groups (broad SMARTS) is 2. The molecule has 0 radical (unpaired) electrons. The SMILES string of the molecule is Cc1ccc(C(C)C)cc1.O=C(O)S[O-].O=C(O)S[O-].O=S(=O)([O-])Cc1ccnc(-c2cc(CS(=O)(=O)[O-])ccn2)c1.[CH3-].[Cl][Ru][Cl].[Cl][Ru][Cl].[Na+].[Na+].[Na+].[Na+].[c-]1ccnc(-c2c[c-]ccn2)c1.c1ccc(-c2ccnc3c2ccc2c(-c4ccccc4)ccnc23)cc1.c1ccc(-c2ccnc3c2ccc2c(-c4ccccc4)ccnc23)cc1. The maximum Gasteiger partial charge on any atom is 1.00 e. The third-order valence-corrected chi connectivity index (χ3v) is 17.2. The summed E-state index contributed by atoms with van der Waals surface area (Å²) in [6.07, 6.45) is 13.5. The van der Waals surface area contributed by atoms with E-state index in [0.717, 1.165) is 55.0 Å². The average Bonchev–Trinajstić information content (AvgIpc) is 0.763. The summed E-state index contributed by atoms with van der Waals surface area (Å²) in [6.45, 7) is 6.54. The fourth-order valence-corrected chi connectivity index (χ4v) is 12.0. The second kappa shape index (κ2) is 57.8. The van der Waals surface area contributed by atoms with Crippen molar-refractivity contribution >= 4 is 137 Å². The van der Waals surface area contributed by atoms with Gasteiger partial charge in [-0.05, 0) is 123 Å². The second-order valence-electron chi connectivity index (χ2n) is 23.3. The van der Waals surface area contributed by atoms with Crippen LogP contribution < -0.4 is 118 Å². The van der Waals surface area contributed by atoms with Crippen molar-refractivity contribution in [3.8, 4) is 67.3 Å². The molecule has 0 amide bonds. The van der Waals surface area contributed by atoms with Gasteiger partial charge in [0.15, 0.2) is 0 Å². The molecule has 0 aliphatic heterocycles. The van der Waals surface area contributed by atoms with Gasteiger partial charge in [-0.1, -0.05) is 213 Å². The van der Waals surface area contributed by atoms with E-state index < -0.39 is 66.4 Å². The molecule has 7 aromatic carbocycles. The molecule has 0 unspecified atom stereocenters. The van der Waals surface area contributed by atoms with Crippen LogP contribution in [-0.2, 0) is 62.0 Å². The number of aromatic nitrogens is 8. The van der Waals surface area contributed by atoms with Crippen LogP contribution >= 0.6 is 62.8 Å². The molecular weight excluding hydrogens is 1870 g/mol. The molecule has 34 heteroatoms. The van der Waals surface area contributed by atoms with Gasteiger partial charge in [-0.25, -0.2) is 26.4 Å². The fraction of sp³-hybridized carbons (Fsp3) is 0.0723. The summed E-state index contributed by atoms with van der Waals surface area (Å²) < 4.78 is 82.5. The third kappa shape index (κ3) is 36.7. The summed E-state index contributed by atoms with van der Waals surface area (Å²) in [5.41, 5.74) is 18.7. The zero-order valence-corrected chi connectivity index (χ0v) is 81.9. The Morgan fingerprint density at radius 1 is 0.402 bits per heavy atom. The molecule has 15 aromatic rings. The van der Waals surface area contributed by atoms with Gasteiger partial charge in [0.2, 0.25) is 0 Å². The molecule has 117 heavy (non-hydrogen) atoms. The Bertz CT molecular complexity index is 5200. The summed E-state index contributed by atoms with van der Waals surface area (Å²) >= 11 is -1.60. The van der Waals surface area contributed by atoms with E-state index in [4.69, 9.17) is 67.7 Å². The van der Waals surface area contributed by atoms with Crippen LogP contribution in [0.5, 0.6) is 0 Å². The summed E-state index contributed by atoms with van der Waals surface area (Å²) in [5, 5.41) is 16.5. The number of aryl methyl sites for hydroxylation is 1. The molecule has 0 aliphatic carbocycles. The van der Waals surface area contributed by atoms with Gasteiger partial charge in [0, 0.05) is 58.7 Å². The van der Waals surface area contributed by atoms with Gasteiger partial charge in [-0.15, -0.1) is 24.1 Å². The van der Waals surface area contributed by atoms with Gasteiger partial charge < -0.3 is 45.8 Å². The van der Waals surface area contributed by atoms with Crippen molar-refractivity contribution in [2.75, 3.05) is 0 Å². The smallest absolute Gasteiger partial charge is 0.394 e. The van der Waals surface area contributed by atoms with Gasteiger partial charge in [-0.3, -0.25) is 29.9 Å². The number of fused-ring (bicyclic) bond motifs is 6. The maximum atomic E-state index is 10.8. The minimum atomic E-state index is -4.43. The fourth-order valence-electron chi connectivity index (χ4n) is 10.8. The Hall–Kier alpha value is -5.43. The number of halogens is 4. The monoisotopic (exact) mass is 1930 g/mol. The van der Waals surface area contributed by atoms with Gasteiger partial charge in [0.05, 0.1) is 65.2 Å². The molecule has 0 saturated heterocycles. The van der Waals surface area contributed by atoms with Gasteiger partial charge in [0.25, 0.3) is 0 Å². The van der Waals surface area contributed by atoms with Crippen LogP contribution in [0.1, 0.15) is 42.0 Å². The molecule has 0 saturated carbocycles. The topological polar surface area (TPSA) is 338 Å². The first-order valence-electron chi connectivity index (χ1n) is 32.8. The number of benzene rings is 7.